The number of carboxylic acid groups (broad SMARTS) is 1. The second-order valence-electron chi connectivity index (χ2n) is 4.66. The van der Waals surface area contributed by atoms with E-state index in [4.69, 9.17) is 28.3 Å². The van der Waals surface area contributed by atoms with Crippen LogP contribution < -0.4 is 0 Å². The van der Waals surface area contributed by atoms with E-state index >= 15 is 0 Å². The van der Waals surface area contributed by atoms with Gasteiger partial charge in [0.2, 0.25) is 10.0 Å². The Balaban J connectivity index is 2.53. The van der Waals surface area contributed by atoms with Gasteiger partial charge in [-0.2, -0.15) is 4.31 Å². The molecular weight excluding hydrogens is 344 g/mol. The molecule has 1 unspecified atom stereocenters. The first-order chi connectivity index (χ1) is 9.75. The lowest BCUT2D eigenvalue weighted by Crippen LogP contribution is -2.47. The number of aliphatic carboxylic acids is 1. The largest absolute Gasteiger partial charge is 0.480 e. The Kier molecular flexibility index (Phi) is 4.77. The average Bonchev–Trinajstić information content (AvgIpc) is 2.37. The van der Waals surface area contributed by atoms with E-state index in [-0.39, 0.29) is 23.0 Å². The van der Waals surface area contributed by atoms with Crippen molar-refractivity contribution in [1.82, 2.24) is 4.31 Å². The summed E-state index contributed by atoms with van der Waals surface area (Å²) in [5.41, 5.74) is 0. The molecule has 0 aromatic heterocycles. The summed E-state index contributed by atoms with van der Waals surface area (Å²) in [5, 5.41) is 8.44. The van der Waals surface area contributed by atoms with E-state index in [9.17, 15) is 17.6 Å². The fourth-order valence-electron chi connectivity index (χ4n) is 2.33. The number of carbonyl (C=O) groups is 1. The van der Waals surface area contributed by atoms with Crippen molar-refractivity contribution < 1.29 is 22.7 Å². The van der Waals surface area contributed by atoms with E-state index in [0.29, 0.717) is 12.8 Å². The van der Waals surface area contributed by atoms with E-state index in [2.05, 4.69) is 0 Å². The SMILES string of the molecule is O=C(O)C1CCCCN1S(=O)(=O)c1c(Cl)cc(F)cc1Cl. The summed E-state index contributed by atoms with van der Waals surface area (Å²) in [6.45, 7) is 0.0589. The van der Waals surface area contributed by atoms with Gasteiger partial charge in [0.1, 0.15) is 16.8 Å². The Morgan fingerprint density at radius 3 is 2.38 bits per heavy atom. The molecule has 5 nitrogen and oxygen atoms in total. The average molecular weight is 356 g/mol. The molecule has 1 aromatic carbocycles. The lowest BCUT2D eigenvalue weighted by Gasteiger charge is -2.32. The van der Waals surface area contributed by atoms with Crippen LogP contribution in [0.15, 0.2) is 17.0 Å². The van der Waals surface area contributed by atoms with Gasteiger partial charge in [-0.1, -0.05) is 23.2 Å². The Bertz CT molecular complexity index is 657. The second kappa shape index (κ2) is 6.08. The van der Waals surface area contributed by atoms with Crippen LogP contribution in [0.2, 0.25) is 10.0 Å². The summed E-state index contributed by atoms with van der Waals surface area (Å²) in [5.74, 6) is -2.00. The molecule has 0 bridgehead atoms. The van der Waals surface area contributed by atoms with Crippen molar-refractivity contribution in [3.63, 3.8) is 0 Å². The number of hydrogen-bond acceptors (Lipinski definition) is 3. The third kappa shape index (κ3) is 3.15. The third-order valence-corrected chi connectivity index (χ3v) is 6.10. The highest BCUT2D eigenvalue weighted by atomic mass is 35.5. The zero-order valence-electron chi connectivity index (χ0n) is 10.7. The fraction of sp³-hybridized carbons (Fsp3) is 0.417. The number of halogens is 3. The van der Waals surface area contributed by atoms with Crippen LogP contribution in [-0.2, 0) is 14.8 Å². The minimum atomic E-state index is -4.21. The molecule has 0 saturated carbocycles. The molecule has 0 amide bonds. The van der Waals surface area contributed by atoms with Gasteiger partial charge in [0, 0.05) is 6.54 Å². The number of sulfonamides is 1. The van der Waals surface area contributed by atoms with Crippen LogP contribution >= 0.6 is 23.2 Å². The highest BCUT2D eigenvalue weighted by Gasteiger charge is 2.39. The van der Waals surface area contributed by atoms with E-state index in [1.165, 1.54) is 0 Å². The van der Waals surface area contributed by atoms with Gasteiger partial charge < -0.3 is 5.11 Å². The summed E-state index contributed by atoms with van der Waals surface area (Å²) in [7, 11) is -4.21. The summed E-state index contributed by atoms with van der Waals surface area (Å²) in [4.78, 5) is 10.8. The van der Waals surface area contributed by atoms with Crippen molar-refractivity contribution in [2.45, 2.75) is 30.2 Å². The molecule has 1 aromatic rings. The minimum Gasteiger partial charge on any atom is -0.480 e. The van der Waals surface area contributed by atoms with Crippen LogP contribution in [0.5, 0.6) is 0 Å². The van der Waals surface area contributed by atoms with E-state index < -0.39 is 32.7 Å². The molecule has 21 heavy (non-hydrogen) atoms. The molecule has 1 heterocycles. The van der Waals surface area contributed by atoms with Gasteiger partial charge >= 0.3 is 5.97 Å². The van der Waals surface area contributed by atoms with E-state index in [0.717, 1.165) is 16.4 Å². The Morgan fingerprint density at radius 2 is 1.86 bits per heavy atom. The van der Waals surface area contributed by atoms with Crippen LogP contribution in [0.25, 0.3) is 0 Å². The van der Waals surface area contributed by atoms with Crippen molar-refractivity contribution in [2.75, 3.05) is 6.54 Å². The summed E-state index contributed by atoms with van der Waals surface area (Å²) in [6.07, 6.45) is 1.37. The van der Waals surface area contributed by atoms with Gasteiger partial charge in [0.15, 0.2) is 0 Å². The summed E-state index contributed by atoms with van der Waals surface area (Å²) >= 11 is 11.6. The molecule has 9 heteroatoms. The molecule has 1 fully saturated rings. The molecule has 116 valence electrons. The third-order valence-electron chi connectivity index (χ3n) is 3.27. The first kappa shape index (κ1) is 16.5. The summed E-state index contributed by atoms with van der Waals surface area (Å²) < 4.78 is 39.3. The van der Waals surface area contributed by atoms with Crippen molar-refractivity contribution >= 4 is 39.2 Å². The van der Waals surface area contributed by atoms with Crippen LogP contribution in [0.4, 0.5) is 4.39 Å². The van der Waals surface area contributed by atoms with Crippen molar-refractivity contribution in [3.05, 3.63) is 28.0 Å². The number of carboxylic acids is 1. The van der Waals surface area contributed by atoms with Crippen LogP contribution in [0, 0.1) is 5.82 Å². The zero-order valence-corrected chi connectivity index (χ0v) is 13.1. The fourth-order valence-corrected chi connectivity index (χ4v) is 5.12. The van der Waals surface area contributed by atoms with E-state index in [1.807, 2.05) is 0 Å². The Labute approximate surface area is 131 Å². The monoisotopic (exact) mass is 355 g/mol. The van der Waals surface area contributed by atoms with Gasteiger partial charge in [-0.05, 0) is 31.4 Å². The van der Waals surface area contributed by atoms with Gasteiger partial charge in [0.05, 0.1) is 10.0 Å². The normalized spacial score (nSPS) is 20.4. The zero-order chi connectivity index (χ0) is 15.8. The molecule has 0 radical (unpaired) electrons. The molecule has 0 spiro atoms. The Hall–Kier alpha value is -0.890. The molecular formula is C12H12Cl2FNO4S. The van der Waals surface area contributed by atoms with Crippen LogP contribution in [-0.4, -0.2) is 36.4 Å². The van der Waals surface area contributed by atoms with Crippen LogP contribution in [0.3, 0.4) is 0 Å². The maximum absolute atomic E-state index is 13.2. The lowest BCUT2D eigenvalue weighted by molar-refractivity contribution is -0.142. The lowest BCUT2D eigenvalue weighted by atomic mass is 10.1. The predicted molar refractivity (Wildman–Crippen MR) is 75.6 cm³/mol. The van der Waals surface area contributed by atoms with Crippen molar-refractivity contribution in [2.24, 2.45) is 0 Å². The quantitative estimate of drug-likeness (QED) is 0.904. The number of hydrogen-bond donors (Lipinski definition) is 1. The molecule has 0 aliphatic carbocycles. The minimum absolute atomic E-state index is 0.0589. The van der Waals surface area contributed by atoms with Crippen molar-refractivity contribution in [1.29, 1.82) is 0 Å². The van der Waals surface area contributed by atoms with Gasteiger partial charge in [0.25, 0.3) is 0 Å². The number of rotatable bonds is 3. The second-order valence-corrected chi connectivity index (χ2v) is 7.31. The molecule has 1 atom stereocenters. The molecule has 1 aliphatic heterocycles. The standard InChI is InChI=1S/C12H12Cl2FNO4S/c13-8-5-7(15)6-9(14)11(8)21(19,20)16-4-2-1-3-10(16)12(17)18/h5-6,10H,1-4H2,(H,17,18). The highest BCUT2D eigenvalue weighted by molar-refractivity contribution is 7.89. The maximum atomic E-state index is 13.2. The van der Waals surface area contributed by atoms with Crippen molar-refractivity contribution in [3.8, 4) is 0 Å². The first-order valence-corrected chi connectivity index (χ1v) is 8.34. The predicted octanol–water partition coefficient (Wildman–Crippen LogP) is 2.76. The smallest absolute Gasteiger partial charge is 0.322 e. The van der Waals surface area contributed by atoms with Gasteiger partial charge in [-0.25, -0.2) is 12.8 Å². The van der Waals surface area contributed by atoms with Gasteiger partial charge in [-0.15, -0.1) is 0 Å². The van der Waals surface area contributed by atoms with Crippen LogP contribution in [0.1, 0.15) is 19.3 Å². The summed E-state index contributed by atoms with van der Waals surface area (Å²) in [6, 6.07) is 0.501. The first-order valence-electron chi connectivity index (χ1n) is 6.14. The Morgan fingerprint density at radius 1 is 1.29 bits per heavy atom. The molecule has 1 N–H and O–H groups in total. The topological polar surface area (TPSA) is 74.7 Å². The molecule has 1 aliphatic rings. The maximum Gasteiger partial charge on any atom is 0.322 e. The number of benzene rings is 1. The van der Waals surface area contributed by atoms with Gasteiger partial charge in [-0.3, -0.25) is 4.79 Å². The highest BCUT2D eigenvalue weighted by Crippen LogP contribution is 2.35. The number of nitrogens with zero attached hydrogens (tertiary/aromatic N) is 1. The molecule has 1 saturated heterocycles. The number of piperidine rings is 1. The van der Waals surface area contributed by atoms with E-state index in [1.54, 1.807) is 0 Å². The molecule has 2 rings (SSSR count).